The average Bonchev–Trinajstić information content (AvgIpc) is 3.17. The number of hydrogen-bond donors (Lipinski definition) is 1. The summed E-state index contributed by atoms with van der Waals surface area (Å²) in [6.45, 7) is 4.01. The smallest absolute Gasteiger partial charge is 0.123 e. The molecule has 1 N–H and O–H groups in total. The number of hydrogen-bond acceptors (Lipinski definition) is 3. The lowest BCUT2D eigenvalue weighted by molar-refractivity contribution is 0.766. The standard InChI is InChI=1S/C16H17N3S/c1-2-19-9-7-13(12-19)11-18-15-5-3-14(4-6-15)16-17-8-10-20-16/h3-10,12,18H,2,11H2,1H3. The summed E-state index contributed by atoms with van der Waals surface area (Å²) >= 11 is 1.66. The van der Waals surface area contributed by atoms with Crippen LogP contribution in [0.15, 0.2) is 54.3 Å². The molecule has 0 aliphatic rings. The van der Waals surface area contributed by atoms with Gasteiger partial charge in [0.2, 0.25) is 0 Å². The van der Waals surface area contributed by atoms with Crippen molar-refractivity contribution >= 4 is 17.0 Å². The number of nitrogens with one attached hydrogen (secondary N) is 1. The number of nitrogens with zero attached hydrogens (tertiary/aromatic N) is 2. The Hall–Kier alpha value is -2.07. The van der Waals surface area contributed by atoms with Crippen molar-refractivity contribution in [2.45, 2.75) is 20.0 Å². The van der Waals surface area contributed by atoms with Crippen LogP contribution in [0.4, 0.5) is 5.69 Å². The molecule has 0 radical (unpaired) electrons. The van der Waals surface area contributed by atoms with Crippen LogP contribution in [0.1, 0.15) is 12.5 Å². The molecule has 0 bridgehead atoms. The zero-order chi connectivity index (χ0) is 13.8. The summed E-state index contributed by atoms with van der Waals surface area (Å²) in [5, 5.41) is 6.51. The molecule has 0 spiro atoms. The summed E-state index contributed by atoms with van der Waals surface area (Å²) in [7, 11) is 0. The van der Waals surface area contributed by atoms with E-state index in [-0.39, 0.29) is 0 Å². The van der Waals surface area contributed by atoms with E-state index in [0.717, 1.165) is 23.8 Å². The summed E-state index contributed by atoms with van der Waals surface area (Å²) in [6.07, 6.45) is 6.13. The van der Waals surface area contributed by atoms with Gasteiger partial charge in [0.1, 0.15) is 5.01 Å². The quantitative estimate of drug-likeness (QED) is 0.759. The van der Waals surface area contributed by atoms with Crippen LogP contribution in [0.25, 0.3) is 10.6 Å². The van der Waals surface area contributed by atoms with E-state index in [1.165, 1.54) is 11.1 Å². The van der Waals surface area contributed by atoms with Crippen molar-refractivity contribution < 1.29 is 0 Å². The molecule has 0 fully saturated rings. The van der Waals surface area contributed by atoms with E-state index >= 15 is 0 Å². The topological polar surface area (TPSA) is 29.9 Å². The molecule has 1 aromatic carbocycles. The maximum atomic E-state index is 4.32. The molecule has 0 saturated carbocycles. The van der Waals surface area contributed by atoms with Crippen molar-refractivity contribution in [3.05, 3.63) is 59.9 Å². The van der Waals surface area contributed by atoms with Gasteiger partial charge in [-0.25, -0.2) is 4.98 Å². The molecular weight excluding hydrogens is 266 g/mol. The van der Waals surface area contributed by atoms with Crippen LogP contribution in [-0.2, 0) is 13.1 Å². The number of aromatic nitrogens is 2. The average molecular weight is 283 g/mol. The Kier molecular flexibility index (Phi) is 3.83. The highest BCUT2D eigenvalue weighted by Crippen LogP contribution is 2.23. The lowest BCUT2D eigenvalue weighted by Gasteiger charge is -2.05. The van der Waals surface area contributed by atoms with Crippen LogP contribution < -0.4 is 5.32 Å². The summed E-state index contributed by atoms with van der Waals surface area (Å²) < 4.78 is 2.18. The first kappa shape index (κ1) is 12.9. The third-order valence-electron chi connectivity index (χ3n) is 3.24. The van der Waals surface area contributed by atoms with Gasteiger partial charge in [-0.05, 0) is 42.8 Å². The Labute approximate surface area is 122 Å². The van der Waals surface area contributed by atoms with Gasteiger partial charge in [-0.15, -0.1) is 11.3 Å². The van der Waals surface area contributed by atoms with Crippen LogP contribution in [0.5, 0.6) is 0 Å². The van der Waals surface area contributed by atoms with Crippen molar-refractivity contribution in [3.63, 3.8) is 0 Å². The Bertz CT molecular complexity index is 653. The maximum absolute atomic E-state index is 4.32. The molecule has 2 heterocycles. The number of anilines is 1. The van der Waals surface area contributed by atoms with Crippen molar-refractivity contribution in [3.8, 4) is 10.6 Å². The second-order valence-electron chi connectivity index (χ2n) is 4.62. The van der Waals surface area contributed by atoms with E-state index < -0.39 is 0 Å². The summed E-state index contributed by atoms with van der Waals surface area (Å²) in [6, 6.07) is 10.6. The third-order valence-corrected chi connectivity index (χ3v) is 4.06. The molecule has 4 heteroatoms. The molecule has 3 nitrogen and oxygen atoms in total. The van der Waals surface area contributed by atoms with E-state index in [1.807, 2.05) is 11.6 Å². The largest absolute Gasteiger partial charge is 0.381 e. The first-order valence-corrected chi connectivity index (χ1v) is 7.61. The van der Waals surface area contributed by atoms with E-state index in [0.29, 0.717) is 0 Å². The van der Waals surface area contributed by atoms with Crippen molar-refractivity contribution in [1.82, 2.24) is 9.55 Å². The van der Waals surface area contributed by atoms with Crippen molar-refractivity contribution in [2.24, 2.45) is 0 Å². The van der Waals surface area contributed by atoms with Crippen LogP contribution >= 0.6 is 11.3 Å². The van der Waals surface area contributed by atoms with Gasteiger partial charge in [-0.3, -0.25) is 0 Å². The van der Waals surface area contributed by atoms with E-state index in [9.17, 15) is 0 Å². The van der Waals surface area contributed by atoms with E-state index in [1.54, 1.807) is 11.3 Å². The zero-order valence-corrected chi connectivity index (χ0v) is 12.2. The third kappa shape index (κ3) is 2.91. The highest BCUT2D eigenvalue weighted by Gasteiger charge is 2.00. The Morgan fingerprint density at radius 3 is 2.70 bits per heavy atom. The molecule has 3 rings (SSSR count). The minimum Gasteiger partial charge on any atom is -0.381 e. The lowest BCUT2D eigenvalue weighted by Crippen LogP contribution is -1.98. The van der Waals surface area contributed by atoms with E-state index in [2.05, 4.69) is 64.5 Å². The lowest BCUT2D eigenvalue weighted by atomic mass is 10.2. The minimum absolute atomic E-state index is 0.851. The summed E-state index contributed by atoms with van der Waals surface area (Å²) in [5.74, 6) is 0. The zero-order valence-electron chi connectivity index (χ0n) is 11.4. The fourth-order valence-corrected chi connectivity index (χ4v) is 2.74. The van der Waals surface area contributed by atoms with Crippen LogP contribution in [-0.4, -0.2) is 9.55 Å². The molecule has 0 aliphatic heterocycles. The second kappa shape index (κ2) is 5.92. The second-order valence-corrected chi connectivity index (χ2v) is 5.51. The van der Waals surface area contributed by atoms with Crippen molar-refractivity contribution in [2.75, 3.05) is 5.32 Å². The molecule has 0 unspecified atom stereocenters. The van der Waals surface area contributed by atoms with Gasteiger partial charge in [0.25, 0.3) is 0 Å². The molecule has 0 atom stereocenters. The predicted molar refractivity (Wildman–Crippen MR) is 85.0 cm³/mol. The fraction of sp³-hybridized carbons (Fsp3) is 0.188. The van der Waals surface area contributed by atoms with Gasteiger partial charge in [0, 0.05) is 48.3 Å². The first-order chi connectivity index (χ1) is 9.85. The normalized spacial score (nSPS) is 10.7. The van der Waals surface area contributed by atoms with Crippen LogP contribution in [0, 0.1) is 0 Å². The Morgan fingerprint density at radius 2 is 2.05 bits per heavy atom. The maximum Gasteiger partial charge on any atom is 0.123 e. The van der Waals surface area contributed by atoms with Gasteiger partial charge in [-0.1, -0.05) is 0 Å². The molecule has 0 saturated heterocycles. The molecular formula is C16H17N3S. The van der Waals surface area contributed by atoms with Crippen LogP contribution in [0.3, 0.4) is 0 Å². The van der Waals surface area contributed by atoms with Gasteiger partial charge < -0.3 is 9.88 Å². The number of thiazole rings is 1. The highest BCUT2D eigenvalue weighted by molar-refractivity contribution is 7.13. The Balaban J connectivity index is 1.63. The molecule has 0 amide bonds. The number of rotatable bonds is 5. The fourth-order valence-electron chi connectivity index (χ4n) is 2.09. The van der Waals surface area contributed by atoms with Gasteiger partial charge in [0.05, 0.1) is 0 Å². The molecule has 102 valence electrons. The SMILES string of the molecule is CCn1ccc(CNc2ccc(-c3nccs3)cc2)c1. The van der Waals surface area contributed by atoms with E-state index in [4.69, 9.17) is 0 Å². The van der Waals surface area contributed by atoms with Gasteiger partial charge >= 0.3 is 0 Å². The van der Waals surface area contributed by atoms with Crippen LogP contribution in [0.2, 0.25) is 0 Å². The summed E-state index contributed by atoms with van der Waals surface area (Å²) in [5.41, 5.74) is 3.60. The van der Waals surface area contributed by atoms with Gasteiger partial charge in [-0.2, -0.15) is 0 Å². The monoisotopic (exact) mass is 283 g/mol. The Morgan fingerprint density at radius 1 is 1.20 bits per heavy atom. The molecule has 2 aromatic heterocycles. The molecule has 0 aliphatic carbocycles. The minimum atomic E-state index is 0.851. The van der Waals surface area contributed by atoms with Crippen molar-refractivity contribution in [1.29, 1.82) is 0 Å². The predicted octanol–water partition coefficient (Wildman–Crippen LogP) is 4.24. The molecule has 3 aromatic rings. The number of aryl methyl sites for hydroxylation is 1. The highest BCUT2D eigenvalue weighted by atomic mass is 32.1. The number of benzene rings is 1. The van der Waals surface area contributed by atoms with Gasteiger partial charge in [0.15, 0.2) is 0 Å². The molecule has 20 heavy (non-hydrogen) atoms. The first-order valence-electron chi connectivity index (χ1n) is 6.73. The summed E-state index contributed by atoms with van der Waals surface area (Å²) in [4.78, 5) is 4.32.